The molecule has 0 heterocycles. The summed E-state index contributed by atoms with van der Waals surface area (Å²) in [6.07, 6.45) is 1.88. The molecule has 2 rings (SSSR count). The third-order valence-corrected chi connectivity index (χ3v) is 3.36. The maximum Gasteiger partial charge on any atom is 0.338 e. The van der Waals surface area contributed by atoms with E-state index in [9.17, 15) is 4.79 Å². The number of unbranched alkanes of at least 4 members (excludes halogenated alkanes) is 1. The molecule has 0 unspecified atom stereocenters. The van der Waals surface area contributed by atoms with E-state index in [0.717, 1.165) is 18.4 Å². The second-order valence-electron chi connectivity index (χ2n) is 5.13. The number of esters is 1. The molecule has 0 bridgehead atoms. The average molecular weight is 314 g/mol. The third kappa shape index (κ3) is 5.02. The van der Waals surface area contributed by atoms with Gasteiger partial charge in [0.15, 0.2) is 11.5 Å². The Hall–Kier alpha value is -2.49. The Morgan fingerprint density at radius 2 is 1.83 bits per heavy atom. The zero-order valence-corrected chi connectivity index (χ0v) is 13.6. The van der Waals surface area contributed by atoms with Crippen molar-refractivity contribution in [3.05, 3.63) is 59.7 Å². The first-order valence-corrected chi connectivity index (χ1v) is 7.76. The zero-order valence-electron chi connectivity index (χ0n) is 13.6. The van der Waals surface area contributed by atoms with Gasteiger partial charge in [0, 0.05) is 0 Å². The van der Waals surface area contributed by atoms with Gasteiger partial charge in [-0.15, -0.1) is 0 Å². The quantitative estimate of drug-likeness (QED) is 0.540. The predicted molar refractivity (Wildman–Crippen MR) is 89.0 cm³/mol. The first kappa shape index (κ1) is 16.9. The number of carbonyl (C=O) groups excluding carboxylic acids is 1. The molecular weight excluding hydrogens is 292 g/mol. The Morgan fingerprint density at radius 1 is 1.04 bits per heavy atom. The van der Waals surface area contributed by atoms with Crippen LogP contribution in [-0.2, 0) is 11.3 Å². The molecule has 2 aromatic carbocycles. The first-order chi connectivity index (χ1) is 11.2. The number of para-hydroxylation sites is 2. The van der Waals surface area contributed by atoms with Crippen molar-refractivity contribution in [2.24, 2.45) is 0 Å². The summed E-state index contributed by atoms with van der Waals surface area (Å²) in [5.41, 5.74) is 1.45. The fourth-order valence-electron chi connectivity index (χ4n) is 2.08. The van der Waals surface area contributed by atoms with Gasteiger partial charge >= 0.3 is 5.97 Å². The molecule has 122 valence electrons. The van der Waals surface area contributed by atoms with Gasteiger partial charge in [0.1, 0.15) is 6.61 Å². The molecule has 0 fully saturated rings. The van der Waals surface area contributed by atoms with E-state index in [-0.39, 0.29) is 5.97 Å². The highest BCUT2D eigenvalue weighted by atomic mass is 16.5. The highest BCUT2D eigenvalue weighted by molar-refractivity contribution is 5.89. The van der Waals surface area contributed by atoms with Crippen molar-refractivity contribution in [3.8, 4) is 11.5 Å². The van der Waals surface area contributed by atoms with Crippen molar-refractivity contribution in [1.82, 2.24) is 0 Å². The second kappa shape index (κ2) is 8.83. The molecule has 0 radical (unpaired) electrons. The summed E-state index contributed by atoms with van der Waals surface area (Å²) >= 11 is 0. The molecule has 23 heavy (non-hydrogen) atoms. The number of benzene rings is 2. The van der Waals surface area contributed by atoms with Crippen molar-refractivity contribution in [1.29, 1.82) is 0 Å². The van der Waals surface area contributed by atoms with Crippen LogP contribution >= 0.6 is 0 Å². The summed E-state index contributed by atoms with van der Waals surface area (Å²) in [5, 5.41) is 0. The predicted octanol–water partition coefficient (Wildman–Crippen LogP) is 4.23. The summed E-state index contributed by atoms with van der Waals surface area (Å²) in [4.78, 5) is 12.0. The van der Waals surface area contributed by atoms with Gasteiger partial charge in [-0.25, -0.2) is 4.79 Å². The third-order valence-electron chi connectivity index (χ3n) is 3.36. The zero-order chi connectivity index (χ0) is 16.5. The van der Waals surface area contributed by atoms with Gasteiger partial charge in [0.2, 0.25) is 0 Å². The van der Waals surface area contributed by atoms with Crippen LogP contribution in [0.3, 0.4) is 0 Å². The molecule has 0 aliphatic carbocycles. The summed E-state index contributed by atoms with van der Waals surface area (Å²) in [6, 6.07) is 14.8. The van der Waals surface area contributed by atoms with Crippen LogP contribution in [0.5, 0.6) is 11.5 Å². The van der Waals surface area contributed by atoms with Gasteiger partial charge in [-0.1, -0.05) is 37.6 Å². The van der Waals surface area contributed by atoms with Crippen molar-refractivity contribution in [2.45, 2.75) is 26.4 Å². The molecule has 2 aromatic rings. The molecule has 0 saturated heterocycles. The largest absolute Gasteiger partial charge is 0.493 e. The van der Waals surface area contributed by atoms with Crippen LogP contribution in [0.25, 0.3) is 0 Å². The van der Waals surface area contributed by atoms with E-state index in [1.165, 1.54) is 0 Å². The number of rotatable bonds is 8. The molecule has 0 aliphatic rings. The van der Waals surface area contributed by atoms with Gasteiger partial charge in [0.25, 0.3) is 0 Å². The Labute approximate surface area is 137 Å². The van der Waals surface area contributed by atoms with Gasteiger partial charge in [-0.05, 0) is 36.2 Å². The van der Waals surface area contributed by atoms with Crippen molar-refractivity contribution < 1.29 is 19.0 Å². The molecule has 4 heteroatoms. The molecule has 4 nitrogen and oxygen atoms in total. The van der Waals surface area contributed by atoms with E-state index < -0.39 is 0 Å². The maximum absolute atomic E-state index is 12.0. The number of ether oxygens (including phenoxy) is 3. The van der Waals surface area contributed by atoms with Gasteiger partial charge in [0.05, 0.1) is 19.3 Å². The van der Waals surface area contributed by atoms with Gasteiger partial charge < -0.3 is 14.2 Å². The number of carbonyl (C=O) groups is 1. The lowest BCUT2D eigenvalue weighted by Crippen LogP contribution is -2.07. The van der Waals surface area contributed by atoms with Crippen LogP contribution in [0.4, 0.5) is 0 Å². The molecule has 0 aromatic heterocycles. The van der Waals surface area contributed by atoms with E-state index in [0.29, 0.717) is 30.3 Å². The number of hydrogen-bond acceptors (Lipinski definition) is 4. The minimum absolute atomic E-state index is 0.294. The Morgan fingerprint density at radius 3 is 2.57 bits per heavy atom. The standard InChI is InChI=1S/C19H22O4/c1-3-4-12-22-19(20)16-9-7-8-15(13-16)14-23-18-11-6-5-10-17(18)21-2/h5-11,13H,3-4,12,14H2,1-2H3. The van der Waals surface area contributed by atoms with Gasteiger partial charge in [-0.3, -0.25) is 0 Å². The summed E-state index contributed by atoms with van der Waals surface area (Å²) in [5.74, 6) is 1.06. The Balaban J connectivity index is 1.98. The van der Waals surface area contributed by atoms with Crippen molar-refractivity contribution in [2.75, 3.05) is 13.7 Å². The lowest BCUT2D eigenvalue weighted by Gasteiger charge is -2.11. The van der Waals surface area contributed by atoms with Crippen LogP contribution < -0.4 is 9.47 Å². The Bertz CT molecular complexity index is 637. The summed E-state index contributed by atoms with van der Waals surface area (Å²) in [6.45, 7) is 2.87. The van der Waals surface area contributed by atoms with E-state index in [4.69, 9.17) is 14.2 Å². The van der Waals surface area contributed by atoms with Crippen molar-refractivity contribution in [3.63, 3.8) is 0 Å². The number of methoxy groups -OCH3 is 1. The fourth-order valence-corrected chi connectivity index (χ4v) is 2.08. The van der Waals surface area contributed by atoms with E-state index in [2.05, 4.69) is 6.92 Å². The monoisotopic (exact) mass is 314 g/mol. The molecule has 0 saturated carbocycles. The molecule has 0 spiro atoms. The lowest BCUT2D eigenvalue weighted by atomic mass is 10.1. The molecule has 0 atom stereocenters. The van der Waals surface area contributed by atoms with E-state index in [1.54, 1.807) is 19.2 Å². The molecule has 0 amide bonds. The van der Waals surface area contributed by atoms with E-state index >= 15 is 0 Å². The Kier molecular flexibility index (Phi) is 6.48. The smallest absolute Gasteiger partial charge is 0.338 e. The summed E-state index contributed by atoms with van der Waals surface area (Å²) in [7, 11) is 1.61. The van der Waals surface area contributed by atoms with Crippen LogP contribution in [0.1, 0.15) is 35.7 Å². The van der Waals surface area contributed by atoms with Crippen molar-refractivity contribution >= 4 is 5.97 Å². The lowest BCUT2D eigenvalue weighted by molar-refractivity contribution is 0.0499. The topological polar surface area (TPSA) is 44.8 Å². The average Bonchev–Trinajstić information content (AvgIpc) is 2.60. The van der Waals surface area contributed by atoms with E-state index in [1.807, 2.05) is 36.4 Å². The van der Waals surface area contributed by atoms with Crippen LogP contribution in [0.2, 0.25) is 0 Å². The summed E-state index contributed by atoms with van der Waals surface area (Å²) < 4.78 is 16.2. The molecular formula is C19H22O4. The molecule has 0 N–H and O–H groups in total. The van der Waals surface area contributed by atoms with Crippen LogP contribution in [-0.4, -0.2) is 19.7 Å². The minimum atomic E-state index is -0.294. The maximum atomic E-state index is 12.0. The first-order valence-electron chi connectivity index (χ1n) is 7.76. The highest BCUT2D eigenvalue weighted by Gasteiger charge is 2.08. The second-order valence-corrected chi connectivity index (χ2v) is 5.13. The fraction of sp³-hybridized carbons (Fsp3) is 0.316. The molecule has 0 aliphatic heterocycles. The van der Waals surface area contributed by atoms with Crippen LogP contribution in [0.15, 0.2) is 48.5 Å². The highest BCUT2D eigenvalue weighted by Crippen LogP contribution is 2.26. The minimum Gasteiger partial charge on any atom is -0.493 e. The van der Waals surface area contributed by atoms with Crippen LogP contribution in [0, 0.1) is 0 Å². The SMILES string of the molecule is CCCCOC(=O)c1cccc(COc2ccccc2OC)c1. The number of hydrogen-bond donors (Lipinski definition) is 0. The normalized spacial score (nSPS) is 10.2. The van der Waals surface area contributed by atoms with Gasteiger partial charge in [-0.2, -0.15) is 0 Å².